The van der Waals surface area contributed by atoms with E-state index in [1.165, 1.54) is 50.8 Å². The number of carbonyl (C=O) groups is 2. The molecule has 1 aliphatic rings. The van der Waals surface area contributed by atoms with Crippen LogP contribution < -0.4 is 4.90 Å². The Bertz CT molecular complexity index is 900. The van der Waals surface area contributed by atoms with Crippen molar-refractivity contribution in [2.75, 3.05) is 33.3 Å². The van der Waals surface area contributed by atoms with E-state index in [1.54, 1.807) is 0 Å². The van der Waals surface area contributed by atoms with Crippen LogP contribution in [0.25, 0.3) is 0 Å². The lowest BCUT2D eigenvalue weighted by atomic mass is 10.0. The number of halogens is 3. The molecule has 0 spiro atoms. The third-order valence-electron chi connectivity index (χ3n) is 4.19. The first-order valence-corrected chi connectivity index (χ1v) is 8.51. The monoisotopic (exact) mass is 427 g/mol. The quantitative estimate of drug-likeness (QED) is 0.508. The average molecular weight is 427 g/mol. The summed E-state index contributed by atoms with van der Waals surface area (Å²) in [5, 5.41) is 0. The van der Waals surface area contributed by atoms with E-state index in [9.17, 15) is 22.8 Å². The fourth-order valence-electron chi connectivity index (χ4n) is 2.86. The number of esters is 2. The summed E-state index contributed by atoms with van der Waals surface area (Å²) >= 11 is 0. The van der Waals surface area contributed by atoms with Crippen molar-refractivity contribution >= 4 is 17.6 Å². The van der Waals surface area contributed by atoms with Gasteiger partial charge >= 0.3 is 18.1 Å². The molecule has 1 heterocycles. The predicted octanol–water partition coefficient (Wildman–Crippen LogP) is 3.49. The number of carbonyl (C=O) groups excluding carboxylic acids is 2. The molecule has 0 aliphatic carbocycles. The van der Waals surface area contributed by atoms with Gasteiger partial charge in [0, 0.05) is 31.7 Å². The summed E-state index contributed by atoms with van der Waals surface area (Å²) in [6.45, 7) is 0. The van der Waals surface area contributed by atoms with E-state index >= 15 is 0 Å². The van der Waals surface area contributed by atoms with Crippen LogP contribution in [0.1, 0.15) is 17.4 Å². The zero-order chi connectivity index (χ0) is 22.5. The van der Waals surface area contributed by atoms with Crippen LogP contribution in [0.5, 0.6) is 0 Å². The number of benzene rings is 1. The van der Waals surface area contributed by atoms with E-state index in [0.29, 0.717) is 0 Å². The van der Waals surface area contributed by atoms with Crippen LogP contribution in [-0.2, 0) is 34.7 Å². The first-order chi connectivity index (χ1) is 14.2. The van der Waals surface area contributed by atoms with Crippen molar-refractivity contribution in [2.24, 2.45) is 0 Å². The third kappa shape index (κ3) is 4.71. The van der Waals surface area contributed by atoms with E-state index in [1.807, 2.05) is 0 Å². The summed E-state index contributed by atoms with van der Waals surface area (Å²) in [4.78, 5) is 25.7. The minimum atomic E-state index is -4.74. The van der Waals surface area contributed by atoms with Crippen LogP contribution in [0.3, 0.4) is 0 Å². The van der Waals surface area contributed by atoms with E-state index in [4.69, 9.17) is 14.2 Å². The number of methoxy groups -OCH3 is 4. The largest absolute Gasteiger partial charge is 0.465 e. The Hall–Kier alpha value is -3.11. The highest BCUT2D eigenvalue weighted by atomic mass is 19.4. The Morgan fingerprint density at radius 3 is 2.13 bits per heavy atom. The number of nitrogens with zero attached hydrogens (tertiary/aromatic N) is 1. The van der Waals surface area contributed by atoms with Crippen LogP contribution in [0.2, 0.25) is 0 Å². The second-order valence-electron chi connectivity index (χ2n) is 5.89. The molecular formula is C20H20F3NO6. The van der Waals surface area contributed by atoms with Crippen molar-refractivity contribution in [1.29, 1.82) is 0 Å². The van der Waals surface area contributed by atoms with Gasteiger partial charge in [0.2, 0.25) is 0 Å². The summed E-state index contributed by atoms with van der Waals surface area (Å²) in [6, 6.07) is 3.34. The second-order valence-corrected chi connectivity index (χ2v) is 5.89. The van der Waals surface area contributed by atoms with Gasteiger partial charge in [-0.3, -0.25) is 0 Å². The lowest BCUT2D eigenvalue weighted by molar-refractivity contribution is -0.147. The van der Waals surface area contributed by atoms with Crippen molar-refractivity contribution in [1.82, 2.24) is 0 Å². The van der Waals surface area contributed by atoms with E-state index in [-0.39, 0.29) is 22.5 Å². The summed E-state index contributed by atoms with van der Waals surface area (Å²) < 4.78 is 60.6. The highest BCUT2D eigenvalue weighted by Gasteiger charge is 2.37. The van der Waals surface area contributed by atoms with E-state index < -0.39 is 30.0 Å². The Kier molecular flexibility index (Phi) is 7.41. The summed E-state index contributed by atoms with van der Waals surface area (Å²) in [7, 11) is 4.64. The van der Waals surface area contributed by atoms with Gasteiger partial charge in [0.05, 0.1) is 25.4 Å². The maximum Gasteiger partial charge on any atom is 0.416 e. The number of anilines is 1. The number of ether oxygens (including phenoxy) is 4. The van der Waals surface area contributed by atoms with Gasteiger partial charge in [-0.2, -0.15) is 13.2 Å². The smallest absolute Gasteiger partial charge is 0.416 e. The Labute approximate surface area is 170 Å². The lowest BCUT2D eigenvalue weighted by Gasteiger charge is -2.26. The van der Waals surface area contributed by atoms with Gasteiger partial charge in [-0.25, -0.2) is 9.59 Å². The molecule has 2 rings (SSSR count). The molecule has 0 fully saturated rings. The molecule has 0 amide bonds. The minimum absolute atomic E-state index is 0.0428. The molecule has 0 unspecified atom stereocenters. The molecule has 1 aromatic rings. The van der Waals surface area contributed by atoms with E-state index in [2.05, 4.69) is 4.74 Å². The van der Waals surface area contributed by atoms with Crippen molar-refractivity contribution < 1.29 is 41.7 Å². The topological polar surface area (TPSA) is 74.3 Å². The zero-order valence-electron chi connectivity index (χ0n) is 16.6. The number of alkyl halides is 3. The molecule has 0 aromatic heterocycles. The molecule has 7 nitrogen and oxygen atoms in total. The molecule has 0 saturated heterocycles. The minimum Gasteiger partial charge on any atom is -0.465 e. The standard InChI is InChI=1S/C20H20F3NO6/c1-27-17(25)14-7-5-6-10-24(16(14)18(26)28-2)12-8-9-13(19(29-3)30-4)15(11-12)20(21,22)23/h5-11,19H,1-4H3. The first kappa shape index (κ1) is 23.2. The predicted molar refractivity (Wildman–Crippen MR) is 100 cm³/mol. The number of hydrogen-bond acceptors (Lipinski definition) is 7. The Morgan fingerprint density at radius 1 is 0.967 bits per heavy atom. The molecule has 10 heteroatoms. The molecular weight excluding hydrogens is 407 g/mol. The summed E-state index contributed by atoms with van der Waals surface area (Å²) in [6.07, 6.45) is -0.460. The summed E-state index contributed by atoms with van der Waals surface area (Å²) in [5.74, 6) is -1.79. The first-order valence-electron chi connectivity index (χ1n) is 8.51. The lowest BCUT2D eigenvalue weighted by Crippen LogP contribution is -2.27. The van der Waals surface area contributed by atoms with Crippen molar-refractivity contribution in [3.8, 4) is 0 Å². The Balaban J connectivity index is 2.74. The fraction of sp³-hybridized carbons (Fsp3) is 0.300. The zero-order valence-corrected chi connectivity index (χ0v) is 16.6. The van der Waals surface area contributed by atoms with Gasteiger partial charge in [0.15, 0.2) is 6.29 Å². The van der Waals surface area contributed by atoms with Crippen LogP contribution in [0, 0.1) is 0 Å². The van der Waals surface area contributed by atoms with Crippen LogP contribution in [0.15, 0.2) is 53.9 Å². The molecule has 162 valence electrons. The molecule has 0 atom stereocenters. The molecule has 1 aliphatic heterocycles. The molecule has 0 saturated carbocycles. The summed E-state index contributed by atoms with van der Waals surface area (Å²) in [5.41, 5.74) is -1.80. The maximum atomic E-state index is 13.8. The number of hydrogen-bond donors (Lipinski definition) is 0. The highest BCUT2D eigenvalue weighted by molar-refractivity contribution is 6.05. The molecule has 1 aromatic carbocycles. The average Bonchev–Trinajstić information content (AvgIpc) is 2.96. The SMILES string of the molecule is COC(=O)C1=C(C(=O)OC)N(c2ccc(C(OC)OC)c(C(F)(F)F)c2)C=CC=C1. The van der Waals surface area contributed by atoms with Gasteiger partial charge in [-0.1, -0.05) is 12.1 Å². The van der Waals surface area contributed by atoms with Crippen molar-refractivity contribution in [2.45, 2.75) is 12.5 Å². The van der Waals surface area contributed by atoms with Gasteiger partial charge < -0.3 is 23.8 Å². The molecule has 30 heavy (non-hydrogen) atoms. The molecule has 0 radical (unpaired) electrons. The van der Waals surface area contributed by atoms with Crippen molar-refractivity contribution in [3.63, 3.8) is 0 Å². The van der Waals surface area contributed by atoms with Gasteiger partial charge in [-0.05, 0) is 24.3 Å². The van der Waals surface area contributed by atoms with Crippen LogP contribution in [-0.4, -0.2) is 40.4 Å². The normalized spacial score (nSPS) is 14.2. The second kappa shape index (κ2) is 9.59. The fourth-order valence-corrected chi connectivity index (χ4v) is 2.86. The van der Waals surface area contributed by atoms with Crippen LogP contribution in [0.4, 0.5) is 18.9 Å². The number of rotatable bonds is 6. The highest BCUT2D eigenvalue weighted by Crippen LogP contribution is 2.39. The van der Waals surface area contributed by atoms with Gasteiger partial charge in [0.1, 0.15) is 5.70 Å². The third-order valence-corrected chi connectivity index (χ3v) is 4.19. The van der Waals surface area contributed by atoms with E-state index in [0.717, 1.165) is 25.2 Å². The molecule has 0 bridgehead atoms. The van der Waals surface area contributed by atoms with Crippen molar-refractivity contribution in [3.05, 3.63) is 65.0 Å². The van der Waals surface area contributed by atoms with Gasteiger partial charge in [-0.15, -0.1) is 0 Å². The maximum absolute atomic E-state index is 13.8. The van der Waals surface area contributed by atoms with Gasteiger partial charge in [0.25, 0.3) is 0 Å². The number of allylic oxidation sites excluding steroid dienone is 2. The molecule has 0 N–H and O–H groups in total. The Morgan fingerprint density at radius 2 is 1.60 bits per heavy atom. The van der Waals surface area contributed by atoms with Crippen LogP contribution >= 0.6 is 0 Å².